The molecule has 0 bridgehead atoms. The molecule has 0 saturated carbocycles. The summed E-state index contributed by atoms with van der Waals surface area (Å²) < 4.78 is 37.7. The topological polar surface area (TPSA) is 72.0 Å². The molecule has 0 aliphatic carbocycles. The monoisotopic (exact) mass is 341 g/mol. The minimum absolute atomic E-state index is 0.0191. The summed E-state index contributed by atoms with van der Waals surface area (Å²) >= 11 is 0. The Labute approximate surface area is 137 Å². The van der Waals surface area contributed by atoms with Crippen molar-refractivity contribution in [2.24, 2.45) is 0 Å². The highest BCUT2D eigenvalue weighted by Gasteiger charge is 2.28. The Kier molecular flexibility index (Phi) is 5.15. The van der Waals surface area contributed by atoms with Crippen LogP contribution in [0.25, 0.3) is 0 Å². The van der Waals surface area contributed by atoms with Gasteiger partial charge in [0.05, 0.1) is 24.2 Å². The number of pyridine rings is 1. The van der Waals surface area contributed by atoms with Crippen molar-refractivity contribution in [2.45, 2.75) is 23.8 Å². The van der Waals surface area contributed by atoms with E-state index in [4.69, 9.17) is 9.47 Å². The second-order valence-electron chi connectivity index (χ2n) is 5.86. The molecule has 0 radical (unpaired) electrons. The van der Waals surface area contributed by atoms with E-state index in [0.29, 0.717) is 50.1 Å². The smallest absolute Gasteiger partial charge is 0.243 e. The summed E-state index contributed by atoms with van der Waals surface area (Å²) in [5.74, 6) is 0.676. The van der Waals surface area contributed by atoms with Crippen molar-refractivity contribution in [1.82, 2.24) is 9.29 Å². The molecule has 2 saturated heterocycles. The molecule has 128 valence electrons. The summed E-state index contributed by atoms with van der Waals surface area (Å²) in [6.07, 6.45) is 3.41. The van der Waals surface area contributed by atoms with Crippen LogP contribution >= 0.6 is 0 Å². The predicted octanol–water partition coefficient (Wildman–Crippen LogP) is 0.718. The first-order chi connectivity index (χ1) is 11.1. The lowest BCUT2D eigenvalue weighted by atomic mass is 10.3. The van der Waals surface area contributed by atoms with Gasteiger partial charge in [0, 0.05) is 45.6 Å². The molecule has 0 aromatic carbocycles. The zero-order chi connectivity index (χ0) is 16.3. The fourth-order valence-corrected chi connectivity index (χ4v) is 4.55. The average molecular weight is 341 g/mol. The van der Waals surface area contributed by atoms with Gasteiger partial charge in [0.15, 0.2) is 0 Å². The van der Waals surface area contributed by atoms with Crippen LogP contribution in [0.15, 0.2) is 23.2 Å². The second-order valence-corrected chi connectivity index (χ2v) is 7.79. The van der Waals surface area contributed by atoms with Gasteiger partial charge in [-0.15, -0.1) is 0 Å². The molecular weight excluding hydrogens is 318 g/mol. The first-order valence-electron chi connectivity index (χ1n) is 7.93. The number of methoxy groups -OCH3 is 1. The van der Waals surface area contributed by atoms with Crippen LogP contribution < -0.4 is 4.90 Å². The molecule has 2 fully saturated rings. The number of rotatable bonds is 5. The number of nitrogens with zero attached hydrogens (tertiary/aromatic N) is 3. The molecule has 8 heteroatoms. The molecule has 0 spiro atoms. The molecule has 7 nitrogen and oxygen atoms in total. The zero-order valence-corrected chi connectivity index (χ0v) is 14.2. The standard InChI is InChI=1S/C15H23N3O4S/c1-21-12-13-11-17(8-9-22-13)15-10-14(4-5-16-15)23(19,20)18-6-2-3-7-18/h4-5,10,13H,2-3,6-9,11-12H2,1H3. The summed E-state index contributed by atoms with van der Waals surface area (Å²) in [5, 5.41) is 0. The van der Waals surface area contributed by atoms with Crippen LogP contribution in [0.4, 0.5) is 5.82 Å². The van der Waals surface area contributed by atoms with Crippen LogP contribution in [0.1, 0.15) is 12.8 Å². The molecular formula is C15H23N3O4S. The van der Waals surface area contributed by atoms with E-state index in [9.17, 15) is 8.42 Å². The first-order valence-corrected chi connectivity index (χ1v) is 9.37. The van der Waals surface area contributed by atoms with Crippen molar-refractivity contribution in [1.29, 1.82) is 0 Å². The SMILES string of the molecule is COCC1CN(c2cc(S(=O)(=O)N3CCCC3)ccn2)CCO1. The quantitative estimate of drug-likeness (QED) is 0.786. The third kappa shape index (κ3) is 3.65. The van der Waals surface area contributed by atoms with Crippen LogP contribution in [-0.2, 0) is 19.5 Å². The summed E-state index contributed by atoms with van der Waals surface area (Å²) in [5.41, 5.74) is 0. The average Bonchev–Trinajstić information content (AvgIpc) is 3.11. The third-order valence-electron chi connectivity index (χ3n) is 4.24. The maximum absolute atomic E-state index is 12.7. The van der Waals surface area contributed by atoms with E-state index in [2.05, 4.69) is 9.88 Å². The second kappa shape index (κ2) is 7.12. The van der Waals surface area contributed by atoms with Gasteiger partial charge in [-0.25, -0.2) is 13.4 Å². The molecule has 2 aliphatic heterocycles. The minimum Gasteiger partial charge on any atom is -0.382 e. The van der Waals surface area contributed by atoms with E-state index < -0.39 is 10.0 Å². The highest BCUT2D eigenvalue weighted by atomic mass is 32.2. The van der Waals surface area contributed by atoms with Gasteiger partial charge in [0.25, 0.3) is 0 Å². The fourth-order valence-electron chi connectivity index (χ4n) is 3.02. The fraction of sp³-hybridized carbons (Fsp3) is 0.667. The molecule has 1 aromatic rings. The number of sulfonamides is 1. The van der Waals surface area contributed by atoms with Crippen LogP contribution in [0.5, 0.6) is 0 Å². The molecule has 0 N–H and O–H groups in total. The van der Waals surface area contributed by atoms with Crippen molar-refractivity contribution in [2.75, 3.05) is 51.4 Å². The molecule has 3 rings (SSSR count). The Morgan fingerprint density at radius 1 is 1.35 bits per heavy atom. The van der Waals surface area contributed by atoms with Gasteiger partial charge in [-0.05, 0) is 18.9 Å². The Morgan fingerprint density at radius 2 is 2.13 bits per heavy atom. The Morgan fingerprint density at radius 3 is 2.87 bits per heavy atom. The van der Waals surface area contributed by atoms with Crippen LogP contribution in [0.3, 0.4) is 0 Å². The maximum Gasteiger partial charge on any atom is 0.243 e. The van der Waals surface area contributed by atoms with E-state index in [1.165, 1.54) is 0 Å². The van der Waals surface area contributed by atoms with Gasteiger partial charge in [-0.1, -0.05) is 0 Å². The van der Waals surface area contributed by atoms with Crippen LogP contribution in [-0.4, -0.2) is 70.3 Å². The Bertz CT molecular complexity index is 629. The zero-order valence-electron chi connectivity index (χ0n) is 13.3. The molecule has 0 amide bonds. The molecule has 3 heterocycles. The summed E-state index contributed by atoms with van der Waals surface area (Å²) in [7, 11) is -1.77. The maximum atomic E-state index is 12.7. The third-order valence-corrected chi connectivity index (χ3v) is 6.13. The number of hydrogen-bond acceptors (Lipinski definition) is 6. The van der Waals surface area contributed by atoms with Crippen LogP contribution in [0, 0.1) is 0 Å². The van der Waals surface area contributed by atoms with Gasteiger partial charge >= 0.3 is 0 Å². The lowest BCUT2D eigenvalue weighted by Gasteiger charge is -2.33. The first kappa shape index (κ1) is 16.6. The Balaban J connectivity index is 1.79. The molecule has 1 unspecified atom stereocenters. The number of aromatic nitrogens is 1. The van der Waals surface area contributed by atoms with E-state index in [0.717, 1.165) is 12.8 Å². The van der Waals surface area contributed by atoms with Crippen molar-refractivity contribution in [3.05, 3.63) is 18.3 Å². The molecule has 2 aliphatic rings. The van der Waals surface area contributed by atoms with Crippen LogP contribution in [0.2, 0.25) is 0 Å². The van der Waals surface area contributed by atoms with Gasteiger partial charge < -0.3 is 14.4 Å². The van der Waals surface area contributed by atoms with E-state index in [1.807, 2.05) is 0 Å². The van der Waals surface area contributed by atoms with E-state index in [1.54, 1.807) is 29.7 Å². The largest absolute Gasteiger partial charge is 0.382 e. The summed E-state index contributed by atoms with van der Waals surface area (Å²) in [4.78, 5) is 6.71. The molecule has 1 aromatic heterocycles. The van der Waals surface area contributed by atoms with Crippen molar-refractivity contribution < 1.29 is 17.9 Å². The normalized spacial score (nSPS) is 23.3. The lowest BCUT2D eigenvalue weighted by Crippen LogP contribution is -2.44. The minimum atomic E-state index is -3.41. The number of ether oxygens (including phenoxy) is 2. The van der Waals surface area contributed by atoms with Gasteiger partial charge in [-0.3, -0.25) is 0 Å². The number of anilines is 1. The van der Waals surface area contributed by atoms with Crippen molar-refractivity contribution in [3.8, 4) is 0 Å². The lowest BCUT2D eigenvalue weighted by molar-refractivity contribution is -0.0102. The van der Waals surface area contributed by atoms with Gasteiger partial charge in [-0.2, -0.15) is 4.31 Å². The molecule has 1 atom stereocenters. The van der Waals surface area contributed by atoms with E-state index >= 15 is 0 Å². The summed E-state index contributed by atoms with van der Waals surface area (Å²) in [6, 6.07) is 3.24. The Hall–Kier alpha value is -1.22. The number of morpholine rings is 1. The van der Waals surface area contributed by atoms with Crippen molar-refractivity contribution in [3.63, 3.8) is 0 Å². The predicted molar refractivity (Wildman–Crippen MR) is 86.1 cm³/mol. The highest BCUT2D eigenvalue weighted by Crippen LogP contribution is 2.24. The highest BCUT2D eigenvalue weighted by molar-refractivity contribution is 7.89. The van der Waals surface area contributed by atoms with E-state index in [-0.39, 0.29) is 6.10 Å². The van der Waals surface area contributed by atoms with Crippen molar-refractivity contribution >= 4 is 15.8 Å². The number of hydrogen-bond donors (Lipinski definition) is 0. The summed E-state index contributed by atoms with van der Waals surface area (Å²) in [6.45, 7) is 3.65. The molecule has 23 heavy (non-hydrogen) atoms. The van der Waals surface area contributed by atoms with Gasteiger partial charge in [0.2, 0.25) is 10.0 Å². The van der Waals surface area contributed by atoms with Gasteiger partial charge in [0.1, 0.15) is 5.82 Å².